The summed E-state index contributed by atoms with van der Waals surface area (Å²) < 4.78 is 0. The first-order valence-electron chi connectivity index (χ1n) is 5.49. The molecule has 1 aliphatic heterocycles. The first-order valence-corrected chi connectivity index (χ1v) is 5.49. The van der Waals surface area contributed by atoms with Crippen LogP contribution in [0.15, 0.2) is 24.4 Å². The number of nitrogens with one attached hydrogen (secondary N) is 2. The highest BCUT2D eigenvalue weighted by molar-refractivity contribution is 5.79. The number of anilines is 1. The summed E-state index contributed by atoms with van der Waals surface area (Å²) in [5.41, 5.74) is 0. The standard InChI is InChI=1S/C11H16N4O/c16-11-9-12-5-7-15(11)8-6-14-10-3-1-2-4-13-10/h1-4,12H,5-9H2,(H,13,14). The number of carbonyl (C=O) groups is 1. The zero-order valence-corrected chi connectivity index (χ0v) is 9.15. The topological polar surface area (TPSA) is 57.3 Å². The molecule has 0 atom stereocenters. The van der Waals surface area contributed by atoms with E-state index in [1.165, 1.54) is 0 Å². The fourth-order valence-corrected chi connectivity index (χ4v) is 1.67. The molecule has 2 rings (SSSR count). The molecule has 1 fully saturated rings. The van der Waals surface area contributed by atoms with Crippen molar-refractivity contribution in [2.24, 2.45) is 0 Å². The number of carbonyl (C=O) groups excluding carboxylic acids is 1. The summed E-state index contributed by atoms with van der Waals surface area (Å²) in [6.07, 6.45) is 1.75. The maximum Gasteiger partial charge on any atom is 0.236 e. The van der Waals surface area contributed by atoms with Crippen LogP contribution in [0.4, 0.5) is 5.82 Å². The summed E-state index contributed by atoms with van der Waals surface area (Å²) in [4.78, 5) is 17.5. The van der Waals surface area contributed by atoms with Gasteiger partial charge in [-0.15, -0.1) is 0 Å². The van der Waals surface area contributed by atoms with Crippen LogP contribution in [0.25, 0.3) is 0 Å². The van der Waals surface area contributed by atoms with Crippen LogP contribution in [0.3, 0.4) is 0 Å². The summed E-state index contributed by atoms with van der Waals surface area (Å²) in [6, 6.07) is 5.73. The third kappa shape index (κ3) is 2.93. The second-order valence-corrected chi connectivity index (χ2v) is 3.70. The second kappa shape index (κ2) is 5.46. The summed E-state index contributed by atoms with van der Waals surface area (Å²) in [5.74, 6) is 1.03. The van der Waals surface area contributed by atoms with Gasteiger partial charge in [0.1, 0.15) is 5.82 Å². The van der Waals surface area contributed by atoms with E-state index in [1.807, 2.05) is 23.1 Å². The largest absolute Gasteiger partial charge is 0.368 e. The first-order chi connectivity index (χ1) is 7.86. The first kappa shape index (κ1) is 10.9. The number of nitrogens with zero attached hydrogens (tertiary/aromatic N) is 2. The quantitative estimate of drug-likeness (QED) is 0.745. The van der Waals surface area contributed by atoms with Gasteiger partial charge in [-0.05, 0) is 12.1 Å². The van der Waals surface area contributed by atoms with Crippen molar-refractivity contribution >= 4 is 11.7 Å². The molecule has 1 amide bonds. The number of pyridine rings is 1. The third-order valence-corrected chi connectivity index (χ3v) is 2.54. The van der Waals surface area contributed by atoms with Gasteiger partial charge >= 0.3 is 0 Å². The van der Waals surface area contributed by atoms with E-state index in [-0.39, 0.29) is 5.91 Å². The van der Waals surface area contributed by atoms with Crippen molar-refractivity contribution in [1.82, 2.24) is 15.2 Å². The van der Waals surface area contributed by atoms with Gasteiger partial charge in [0.25, 0.3) is 0 Å². The van der Waals surface area contributed by atoms with Crippen LogP contribution in [0.5, 0.6) is 0 Å². The average Bonchev–Trinajstić information content (AvgIpc) is 2.33. The molecule has 5 heteroatoms. The molecule has 16 heavy (non-hydrogen) atoms. The number of rotatable bonds is 4. The minimum absolute atomic E-state index is 0.175. The van der Waals surface area contributed by atoms with Gasteiger partial charge < -0.3 is 15.5 Å². The van der Waals surface area contributed by atoms with Crippen molar-refractivity contribution in [3.63, 3.8) is 0 Å². The molecule has 0 aliphatic carbocycles. The van der Waals surface area contributed by atoms with Crippen molar-refractivity contribution in [3.05, 3.63) is 24.4 Å². The van der Waals surface area contributed by atoms with Crippen LogP contribution in [0.2, 0.25) is 0 Å². The lowest BCUT2D eigenvalue weighted by Crippen LogP contribution is -2.49. The minimum atomic E-state index is 0.175. The highest BCUT2D eigenvalue weighted by atomic mass is 16.2. The van der Waals surface area contributed by atoms with Crippen LogP contribution in [0, 0.1) is 0 Å². The number of aromatic nitrogens is 1. The van der Waals surface area contributed by atoms with Gasteiger partial charge in [0.15, 0.2) is 0 Å². The van der Waals surface area contributed by atoms with Crippen LogP contribution in [-0.4, -0.2) is 48.5 Å². The Balaban J connectivity index is 1.73. The monoisotopic (exact) mass is 220 g/mol. The normalized spacial score (nSPS) is 16.2. The lowest BCUT2D eigenvalue weighted by atomic mass is 10.3. The maximum absolute atomic E-state index is 11.5. The Bertz CT molecular complexity index is 341. The summed E-state index contributed by atoms with van der Waals surface area (Å²) >= 11 is 0. The molecular formula is C11H16N4O. The Morgan fingerprint density at radius 2 is 2.44 bits per heavy atom. The zero-order chi connectivity index (χ0) is 11.2. The molecular weight excluding hydrogens is 204 g/mol. The average molecular weight is 220 g/mol. The molecule has 0 saturated carbocycles. The van der Waals surface area contributed by atoms with Crippen molar-refractivity contribution in [1.29, 1.82) is 0 Å². The van der Waals surface area contributed by atoms with E-state index in [9.17, 15) is 4.79 Å². The van der Waals surface area contributed by atoms with Gasteiger partial charge in [-0.2, -0.15) is 0 Å². The molecule has 2 heterocycles. The van der Waals surface area contributed by atoms with E-state index < -0.39 is 0 Å². The lowest BCUT2D eigenvalue weighted by Gasteiger charge is -2.27. The molecule has 2 N–H and O–H groups in total. The van der Waals surface area contributed by atoms with Gasteiger partial charge in [0.2, 0.25) is 5.91 Å². The van der Waals surface area contributed by atoms with E-state index in [1.54, 1.807) is 6.20 Å². The highest BCUT2D eigenvalue weighted by Crippen LogP contribution is 1.99. The van der Waals surface area contributed by atoms with Crippen LogP contribution >= 0.6 is 0 Å². The Morgan fingerprint density at radius 3 is 3.19 bits per heavy atom. The fraction of sp³-hybridized carbons (Fsp3) is 0.455. The van der Waals surface area contributed by atoms with Crippen LogP contribution < -0.4 is 10.6 Å². The van der Waals surface area contributed by atoms with Gasteiger partial charge in [0.05, 0.1) is 6.54 Å². The number of hydrogen-bond donors (Lipinski definition) is 2. The van der Waals surface area contributed by atoms with E-state index in [0.717, 1.165) is 32.0 Å². The molecule has 0 radical (unpaired) electrons. The van der Waals surface area contributed by atoms with Gasteiger partial charge in [-0.1, -0.05) is 6.07 Å². The molecule has 0 unspecified atom stereocenters. The molecule has 86 valence electrons. The van der Waals surface area contributed by atoms with Crippen molar-refractivity contribution < 1.29 is 4.79 Å². The number of piperazine rings is 1. The summed E-state index contributed by atoms with van der Waals surface area (Å²) in [7, 11) is 0. The van der Waals surface area contributed by atoms with Gasteiger partial charge in [-0.3, -0.25) is 4.79 Å². The Labute approximate surface area is 94.9 Å². The highest BCUT2D eigenvalue weighted by Gasteiger charge is 2.16. The summed E-state index contributed by atoms with van der Waals surface area (Å²) in [5, 5.41) is 6.24. The van der Waals surface area contributed by atoms with Crippen molar-refractivity contribution in [3.8, 4) is 0 Å². The predicted molar refractivity (Wildman–Crippen MR) is 62.2 cm³/mol. The SMILES string of the molecule is O=C1CNCCN1CCNc1ccccn1. The molecule has 1 aromatic heterocycles. The summed E-state index contributed by atoms with van der Waals surface area (Å²) in [6.45, 7) is 3.61. The predicted octanol–water partition coefficient (Wildman–Crippen LogP) is -0.0747. The smallest absolute Gasteiger partial charge is 0.236 e. The van der Waals surface area contributed by atoms with E-state index in [0.29, 0.717) is 6.54 Å². The molecule has 0 aromatic carbocycles. The molecule has 1 saturated heterocycles. The van der Waals surface area contributed by atoms with Crippen LogP contribution in [-0.2, 0) is 4.79 Å². The van der Waals surface area contributed by atoms with Crippen molar-refractivity contribution in [2.75, 3.05) is 38.0 Å². The number of amides is 1. The Kier molecular flexibility index (Phi) is 3.71. The third-order valence-electron chi connectivity index (χ3n) is 2.54. The van der Waals surface area contributed by atoms with E-state index in [2.05, 4.69) is 15.6 Å². The molecule has 0 spiro atoms. The Morgan fingerprint density at radius 1 is 1.50 bits per heavy atom. The maximum atomic E-state index is 11.5. The molecule has 0 bridgehead atoms. The van der Waals surface area contributed by atoms with E-state index in [4.69, 9.17) is 0 Å². The fourth-order valence-electron chi connectivity index (χ4n) is 1.67. The number of hydrogen-bond acceptors (Lipinski definition) is 4. The minimum Gasteiger partial charge on any atom is -0.368 e. The Hall–Kier alpha value is -1.62. The molecule has 1 aliphatic rings. The molecule has 1 aromatic rings. The van der Waals surface area contributed by atoms with E-state index >= 15 is 0 Å². The van der Waals surface area contributed by atoms with Gasteiger partial charge in [0, 0.05) is 32.4 Å². The van der Waals surface area contributed by atoms with Crippen molar-refractivity contribution in [2.45, 2.75) is 0 Å². The second-order valence-electron chi connectivity index (χ2n) is 3.70. The lowest BCUT2D eigenvalue weighted by molar-refractivity contribution is -0.131. The zero-order valence-electron chi connectivity index (χ0n) is 9.15. The molecule has 5 nitrogen and oxygen atoms in total. The van der Waals surface area contributed by atoms with Gasteiger partial charge in [-0.25, -0.2) is 4.98 Å². The van der Waals surface area contributed by atoms with Crippen LogP contribution in [0.1, 0.15) is 0 Å².